The van der Waals surface area contributed by atoms with Crippen molar-refractivity contribution in [3.05, 3.63) is 33.8 Å². The molecule has 0 aliphatic rings. The number of alkyl halides is 1. The first-order chi connectivity index (χ1) is 7.18. The number of halogens is 2. The average Bonchev–Trinajstić information content (AvgIpc) is 2.15. The minimum Gasteiger partial charge on any atom is -0.393 e. The standard InChI is InChI=1S/C13H18BrFO/c1-12(2,3)10-6-5-9(7-11(10)14)13(4,15)8-16/h5-7,16H,8H2,1-4H3. The molecule has 1 aromatic rings. The van der Waals surface area contributed by atoms with Gasteiger partial charge in [0.2, 0.25) is 0 Å². The van der Waals surface area contributed by atoms with E-state index in [9.17, 15) is 4.39 Å². The van der Waals surface area contributed by atoms with Crippen LogP contribution in [0.5, 0.6) is 0 Å². The third-order valence-corrected chi connectivity index (χ3v) is 3.33. The van der Waals surface area contributed by atoms with Crippen molar-refractivity contribution in [1.82, 2.24) is 0 Å². The highest BCUT2D eigenvalue weighted by atomic mass is 79.9. The van der Waals surface area contributed by atoms with Gasteiger partial charge >= 0.3 is 0 Å². The predicted octanol–water partition coefficient (Wildman–Crippen LogP) is 3.92. The van der Waals surface area contributed by atoms with Crippen LogP contribution in [0.3, 0.4) is 0 Å². The minimum absolute atomic E-state index is 0.0172. The van der Waals surface area contributed by atoms with Crippen LogP contribution < -0.4 is 0 Å². The normalized spacial score (nSPS) is 15.9. The molecule has 0 heterocycles. The van der Waals surface area contributed by atoms with Gasteiger partial charge in [-0.1, -0.05) is 48.8 Å². The van der Waals surface area contributed by atoms with Crippen LogP contribution in [0.25, 0.3) is 0 Å². The Balaban J connectivity index is 3.20. The Morgan fingerprint density at radius 3 is 2.19 bits per heavy atom. The largest absolute Gasteiger partial charge is 0.393 e. The van der Waals surface area contributed by atoms with Gasteiger partial charge in [-0.05, 0) is 29.5 Å². The van der Waals surface area contributed by atoms with E-state index < -0.39 is 12.3 Å². The van der Waals surface area contributed by atoms with Crippen molar-refractivity contribution in [2.45, 2.75) is 38.8 Å². The van der Waals surface area contributed by atoms with E-state index in [1.165, 1.54) is 6.92 Å². The minimum atomic E-state index is -1.68. The van der Waals surface area contributed by atoms with E-state index in [0.29, 0.717) is 5.56 Å². The van der Waals surface area contributed by atoms with Crippen molar-refractivity contribution in [3.8, 4) is 0 Å². The zero-order valence-electron chi connectivity index (χ0n) is 10.1. The number of benzene rings is 1. The molecule has 0 spiro atoms. The molecule has 0 aliphatic heterocycles. The monoisotopic (exact) mass is 288 g/mol. The summed E-state index contributed by atoms with van der Waals surface area (Å²) in [5, 5.41) is 8.98. The molecule has 0 fully saturated rings. The topological polar surface area (TPSA) is 20.2 Å². The predicted molar refractivity (Wildman–Crippen MR) is 68.4 cm³/mol. The summed E-state index contributed by atoms with van der Waals surface area (Å²) >= 11 is 3.46. The molecule has 0 saturated heterocycles. The first kappa shape index (κ1) is 13.7. The Morgan fingerprint density at radius 1 is 1.25 bits per heavy atom. The van der Waals surface area contributed by atoms with Gasteiger partial charge < -0.3 is 5.11 Å². The molecular weight excluding hydrogens is 271 g/mol. The number of hydrogen-bond acceptors (Lipinski definition) is 1. The van der Waals surface area contributed by atoms with Crippen molar-refractivity contribution < 1.29 is 9.50 Å². The molecule has 1 unspecified atom stereocenters. The lowest BCUT2D eigenvalue weighted by Crippen LogP contribution is -2.21. The number of aliphatic hydroxyl groups excluding tert-OH is 1. The maximum atomic E-state index is 13.9. The Hall–Kier alpha value is -0.410. The molecule has 0 radical (unpaired) electrons. The fourth-order valence-electron chi connectivity index (χ4n) is 1.54. The van der Waals surface area contributed by atoms with Crippen LogP contribution in [-0.4, -0.2) is 11.7 Å². The summed E-state index contributed by atoms with van der Waals surface area (Å²) in [4.78, 5) is 0. The smallest absolute Gasteiger partial charge is 0.156 e. The van der Waals surface area contributed by atoms with Crippen LogP contribution in [0.1, 0.15) is 38.8 Å². The lowest BCUT2D eigenvalue weighted by Gasteiger charge is -2.24. The summed E-state index contributed by atoms with van der Waals surface area (Å²) in [6.07, 6.45) is 0. The molecule has 0 bridgehead atoms. The highest BCUT2D eigenvalue weighted by Gasteiger charge is 2.26. The fourth-order valence-corrected chi connectivity index (χ4v) is 2.51. The second-order valence-electron chi connectivity index (χ2n) is 5.30. The van der Waals surface area contributed by atoms with Gasteiger partial charge in [0.1, 0.15) is 0 Å². The van der Waals surface area contributed by atoms with Crippen molar-refractivity contribution in [3.63, 3.8) is 0 Å². The number of rotatable bonds is 2. The van der Waals surface area contributed by atoms with Gasteiger partial charge in [0, 0.05) is 4.47 Å². The molecule has 0 saturated carbocycles. The third kappa shape index (κ3) is 2.83. The molecule has 0 amide bonds. The highest BCUT2D eigenvalue weighted by molar-refractivity contribution is 9.10. The highest BCUT2D eigenvalue weighted by Crippen LogP contribution is 2.34. The third-order valence-electron chi connectivity index (χ3n) is 2.68. The van der Waals surface area contributed by atoms with E-state index in [2.05, 4.69) is 36.7 Å². The van der Waals surface area contributed by atoms with E-state index in [0.717, 1.165) is 10.0 Å². The summed E-state index contributed by atoms with van der Waals surface area (Å²) in [6, 6.07) is 5.39. The van der Waals surface area contributed by atoms with Gasteiger partial charge in [-0.15, -0.1) is 0 Å². The molecule has 1 rings (SSSR count). The van der Waals surface area contributed by atoms with Crippen molar-refractivity contribution in [2.24, 2.45) is 0 Å². The zero-order valence-corrected chi connectivity index (χ0v) is 11.7. The van der Waals surface area contributed by atoms with Crippen LogP contribution in [0.2, 0.25) is 0 Å². The maximum Gasteiger partial charge on any atom is 0.156 e. The summed E-state index contributed by atoms with van der Waals surface area (Å²) in [5.74, 6) is 0. The van der Waals surface area contributed by atoms with E-state index in [1.54, 1.807) is 12.1 Å². The Labute approximate surface area is 105 Å². The second kappa shape index (κ2) is 4.46. The molecule has 1 N–H and O–H groups in total. The molecule has 0 aromatic heterocycles. The molecular formula is C13H18BrFO. The summed E-state index contributed by atoms with van der Waals surface area (Å²) < 4.78 is 14.8. The first-order valence-electron chi connectivity index (χ1n) is 5.29. The molecule has 1 atom stereocenters. The fraction of sp³-hybridized carbons (Fsp3) is 0.538. The van der Waals surface area contributed by atoms with Crippen molar-refractivity contribution >= 4 is 15.9 Å². The molecule has 90 valence electrons. The van der Waals surface area contributed by atoms with E-state index in [-0.39, 0.29) is 5.41 Å². The van der Waals surface area contributed by atoms with Gasteiger partial charge in [-0.2, -0.15) is 0 Å². The Bertz CT molecular complexity index is 380. The quantitative estimate of drug-likeness (QED) is 0.874. The Kier molecular flexibility index (Phi) is 3.80. The maximum absolute atomic E-state index is 13.9. The zero-order chi connectivity index (χ0) is 12.6. The average molecular weight is 289 g/mol. The van der Waals surface area contributed by atoms with Gasteiger partial charge in [0.15, 0.2) is 5.67 Å². The summed E-state index contributed by atoms with van der Waals surface area (Å²) in [6.45, 7) is 7.19. The van der Waals surface area contributed by atoms with E-state index in [4.69, 9.17) is 5.11 Å². The number of hydrogen-bond donors (Lipinski definition) is 1. The van der Waals surface area contributed by atoms with Crippen LogP contribution in [0.4, 0.5) is 4.39 Å². The number of aliphatic hydroxyl groups is 1. The Morgan fingerprint density at radius 2 is 1.81 bits per heavy atom. The lowest BCUT2D eigenvalue weighted by atomic mass is 9.85. The van der Waals surface area contributed by atoms with Crippen LogP contribution >= 0.6 is 15.9 Å². The van der Waals surface area contributed by atoms with Crippen molar-refractivity contribution in [2.75, 3.05) is 6.61 Å². The van der Waals surface area contributed by atoms with Gasteiger partial charge in [-0.25, -0.2) is 4.39 Å². The molecule has 16 heavy (non-hydrogen) atoms. The molecule has 3 heteroatoms. The summed E-state index contributed by atoms with van der Waals surface area (Å²) in [7, 11) is 0. The van der Waals surface area contributed by atoms with Crippen LogP contribution in [0, 0.1) is 0 Å². The lowest BCUT2D eigenvalue weighted by molar-refractivity contribution is 0.0867. The molecule has 0 aliphatic carbocycles. The first-order valence-corrected chi connectivity index (χ1v) is 6.08. The van der Waals surface area contributed by atoms with E-state index >= 15 is 0 Å². The van der Waals surface area contributed by atoms with Crippen molar-refractivity contribution in [1.29, 1.82) is 0 Å². The SMILES string of the molecule is CC(C)(C)c1ccc(C(C)(F)CO)cc1Br. The molecule has 1 aromatic carbocycles. The summed E-state index contributed by atoms with van der Waals surface area (Å²) in [5.41, 5.74) is -0.0396. The van der Waals surface area contributed by atoms with Gasteiger partial charge in [0.25, 0.3) is 0 Å². The van der Waals surface area contributed by atoms with Crippen LogP contribution in [-0.2, 0) is 11.1 Å². The van der Waals surface area contributed by atoms with Gasteiger partial charge in [-0.3, -0.25) is 0 Å². The molecule has 1 nitrogen and oxygen atoms in total. The van der Waals surface area contributed by atoms with Gasteiger partial charge in [0.05, 0.1) is 6.61 Å². The van der Waals surface area contributed by atoms with E-state index in [1.807, 2.05) is 6.07 Å². The van der Waals surface area contributed by atoms with Crippen LogP contribution in [0.15, 0.2) is 22.7 Å². The second-order valence-corrected chi connectivity index (χ2v) is 6.15.